The normalized spacial score (nSPS) is 40.1. The molecule has 0 bridgehead atoms. The Kier molecular flexibility index (Phi) is 6.68. The van der Waals surface area contributed by atoms with Crippen LogP contribution in [0.2, 0.25) is 5.15 Å². The van der Waals surface area contributed by atoms with E-state index >= 15 is 0 Å². The first-order valence-electron chi connectivity index (χ1n) is 16.9. The minimum Gasteiger partial charge on any atom is -0.393 e. The number of hydrogen-bond acceptors (Lipinski definition) is 11. The highest BCUT2D eigenvalue weighted by atomic mass is 35.5. The third kappa shape index (κ3) is 4.58. The van der Waals surface area contributed by atoms with Gasteiger partial charge in [0.2, 0.25) is 0 Å². The number of aliphatic hydroxyl groups is 2. The number of fused-ring (bicyclic) bond motifs is 6. The van der Waals surface area contributed by atoms with Crippen molar-refractivity contribution in [2.24, 2.45) is 10.8 Å². The van der Waals surface area contributed by atoms with Gasteiger partial charge in [-0.15, -0.1) is 0 Å². The first-order chi connectivity index (χ1) is 22.8. The summed E-state index contributed by atoms with van der Waals surface area (Å²) in [5.74, 6) is -0.707. The van der Waals surface area contributed by atoms with Crippen LogP contribution < -0.4 is 5.73 Å². The highest BCUT2D eigenvalue weighted by Gasteiger charge is 2.67. The van der Waals surface area contributed by atoms with Crippen molar-refractivity contribution in [3.8, 4) is 0 Å². The molecule has 13 nitrogen and oxygen atoms in total. The van der Waals surface area contributed by atoms with Gasteiger partial charge in [0.15, 0.2) is 11.6 Å². The molecule has 6 atom stereocenters. The second kappa shape index (κ2) is 10.3. The maximum atomic E-state index is 9.91. The predicted octanol–water partition coefficient (Wildman–Crippen LogP) is 4.31. The minimum atomic E-state index is -0.600. The van der Waals surface area contributed by atoms with Gasteiger partial charge in [-0.05, 0) is 78.4 Å². The molecule has 6 fully saturated rings. The molecule has 2 aliphatic heterocycles. The van der Waals surface area contributed by atoms with Gasteiger partial charge >= 0.3 is 0 Å². The Morgan fingerprint density at radius 1 is 0.688 bits per heavy atom. The standard InChI is InChI=1S/C17H20ClN3O3.C17H22N4O3/c2*1-16(2)23-12-11(7-17(13(12)24-16)5-9(22)6-17)21-4-3-10-14(18)19-8-20-15(10)21/h3-4,8-9,11-13,22H,5-7H2,1-2H3;3-4,8-9,11-13,22H,5-7H2,1-2H3,(H2,18,19,20)/t2*9?,11-,12+,13+,17?/m11/s1. The van der Waals surface area contributed by atoms with Crippen molar-refractivity contribution in [2.45, 2.75) is 127 Å². The molecule has 0 amide bonds. The minimum absolute atomic E-state index is 0.00229. The van der Waals surface area contributed by atoms with E-state index in [9.17, 15) is 10.2 Å². The maximum Gasteiger partial charge on any atom is 0.163 e. The van der Waals surface area contributed by atoms with E-state index in [1.807, 2.05) is 52.2 Å². The number of aliphatic hydroxyl groups excluding tert-OH is 2. The van der Waals surface area contributed by atoms with Crippen LogP contribution in [0.3, 0.4) is 0 Å². The van der Waals surface area contributed by atoms with Gasteiger partial charge in [-0.1, -0.05) is 11.6 Å². The number of nitrogens with zero attached hydrogens (tertiary/aromatic N) is 6. The average molecular weight is 680 g/mol. The second-order valence-electron chi connectivity index (χ2n) is 15.8. The Morgan fingerprint density at radius 2 is 1.15 bits per heavy atom. The summed E-state index contributed by atoms with van der Waals surface area (Å²) < 4.78 is 29.3. The third-order valence-electron chi connectivity index (χ3n) is 11.7. The molecule has 14 heteroatoms. The predicted molar refractivity (Wildman–Crippen MR) is 175 cm³/mol. The molecule has 4 saturated carbocycles. The van der Waals surface area contributed by atoms with Crippen molar-refractivity contribution < 1.29 is 29.2 Å². The monoisotopic (exact) mass is 679 g/mol. The van der Waals surface area contributed by atoms with Gasteiger partial charge in [-0.3, -0.25) is 0 Å². The topological polar surface area (TPSA) is 165 Å². The Bertz CT molecular complexity index is 1760. The summed E-state index contributed by atoms with van der Waals surface area (Å²) in [6, 6.07) is 4.15. The van der Waals surface area contributed by atoms with Crippen LogP contribution in [0.25, 0.3) is 22.1 Å². The molecule has 4 aliphatic carbocycles. The van der Waals surface area contributed by atoms with E-state index in [1.54, 1.807) is 0 Å². The first-order valence-corrected chi connectivity index (χ1v) is 17.3. The third-order valence-corrected chi connectivity index (χ3v) is 12.0. The molecule has 2 spiro atoms. The SMILES string of the molecule is CC1(C)O[C@H]2[C@H](n3ccc4c(Cl)ncnc43)CC3(CC(O)C3)[C@H]2O1.CC1(C)O[C@H]2[C@H](n3ccc4c(N)ncnc43)CC3(CC(O)C3)[C@H]2O1. The summed E-state index contributed by atoms with van der Waals surface area (Å²) in [7, 11) is 0. The quantitative estimate of drug-likeness (QED) is 0.259. The molecule has 0 unspecified atom stereocenters. The molecule has 0 radical (unpaired) electrons. The Labute approximate surface area is 282 Å². The van der Waals surface area contributed by atoms with Crippen LogP contribution >= 0.6 is 11.6 Å². The number of nitrogens with two attached hydrogens (primary N) is 1. The van der Waals surface area contributed by atoms with Crippen LogP contribution in [0.5, 0.6) is 0 Å². The summed E-state index contributed by atoms with van der Waals surface area (Å²) in [4.78, 5) is 17.0. The van der Waals surface area contributed by atoms with Gasteiger partial charge in [-0.2, -0.15) is 0 Å². The molecule has 4 aromatic heterocycles. The zero-order valence-corrected chi connectivity index (χ0v) is 28.2. The number of rotatable bonds is 2. The molecule has 256 valence electrons. The number of nitrogen functional groups attached to an aromatic ring is 1. The molecule has 6 aliphatic rings. The molecule has 2 saturated heterocycles. The smallest absolute Gasteiger partial charge is 0.163 e. The average Bonchev–Trinajstić information content (AvgIpc) is 3.81. The lowest BCUT2D eigenvalue weighted by Gasteiger charge is -2.46. The van der Waals surface area contributed by atoms with E-state index < -0.39 is 11.6 Å². The lowest BCUT2D eigenvalue weighted by atomic mass is 9.64. The van der Waals surface area contributed by atoms with Crippen molar-refractivity contribution in [3.05, 3.63) is 42.3 Å². The van der Waals surface area contributed by atoms with Crippen molar-refractivity contribution in [3.63, 3.8) is 0 Å². The molecule has 4 N–H and O–H groups in total. The zero-order chi connectivity index (χ0) is 33.4. The van der Waals surface area contributed by atoms with E-state index in [0.717, 1.165) is 60.6 Å². The van der Waals surface area contributed by atoms with Gasteiger partial charge in [0.25, 0.3) is 0 Å². The van der Waals surface area contributed by atoms with E-state index in [0.29, 0.717) is 11.0 Å². The van der Waals surface area contributed by atoms with Crippen LogP contribution in [0.1, 0.15) is 78.3 Å². The number of ether oxygens (including phenoxy) is 4. The Balaban J connectivity index is 0.000000131. The lowest BCUT2D eigenvalue weighted by molar-refractivity contribution is -0.187. The van der Waals surface area contributed by atoms with Crippen molar-refractivity contribution in [1.29, 1.82) is 0 Å². The first kappa shape index (κ1) is 31.1. The van der Waals surface area contributed by atoms with Gasteiger partial charge in [0.05, 0.1) is 47.3 Å². The van der Waals surface area contributed by atoms with Gasteiger partial charge in [-0.25, -0.2) is 19.9 Å². The van der Waals surface area contributed by atoms with Crippen LogP contribution in [0, 0.1) is 10.8 Å². The Morgan fingerprint density at radius 3 is 1.65 bits per heavy atom. The second-order valence-corrected chi connectivity index (χ2v) is 16.1. The van der Waals surface area contributed by atoms with Gasteiger partial charge in [0.1, 0.15) is 47.1 Å². The summed E-state index contributed by atoms with van der Waals surface area (Å²) in [6.45, 7) is 7.83. The van der Waals surface area contributed by atoms with Crippen molar-refractivity contribution in [1.82, 2.24) is 29.1 Å². The number of aromatic nitrogens is 6. The van der Waals surface area contributed by atoms with E-state index in [2.05, 4.69) is 29.1 Å². The van der Waals surface area contributed by atoms with E-state index in [4.69, 9.17) is 36.3 Å². The summed E-state index contributed by atoms with van der Waals surface area (Å²) >= 11 is 6.19. The van der Waals surface area contributed by atoms with Crippen LogP contribution in [0.15, 0.2) is 37.2 Å². The molecule has 6 heterocycles. The fraction of sp³-hybridized carbons (Fsp3) is 0.647. The molecule has 4 aromatic rings. The number of anilines is 1. The highest BCUT2D eigenvalue weighted by molar-refractivity contribution is 6.33. The van der Waals surface area contributed by atoms with E-state index in [1.165, 1.54) is 12.7 Å². The number of hydrogen-bond donors (Lipinski definition) is 3. The van der Waals surface area contributed by atoms with Crippen LogP contribution in [0.4, 0.5) is 5.82 Å². The van der Waals surface area contributed by atoms with Crippen LogP contribution in [-0.2, 0) is 18.9 Å². The fourth-order valence-electron chi connectivity index (χ4n) is 9.92. The molecular formula is C34H42ClN7O6. The lowest BCUT2D eigenvalue weighted by Crippen LogP contribution is -2.48. The maximum absolute atomic E-state index is 9.91. The largest absolute Gasteiger partial charge is 0.393 e. The summed E-state index contributed by atoms with van der Waals surface area (Å²) in [5.41, 5.74) is 7.62. The molecule has 10 rings (SSSR count). The highest BCUT2D eigenvalue weighted by Crippen LogP contribution is 2.63. The number of halogens is 1. The van der Waals surface area contributed by atoms with Crippen LogP contribution in [-0.4, -0.2) is 87.5 Å². The molecule has 48 heavy (non-hydrogen) atoms. The van der Waals surface area contributed by atoms with E-state index in [-0.39, 0.29) is 59.5 Å². The molecule has 0 aromatic carbocycles. The molecular weight excluding hydrogens is 638 g/mol. The summed E-state index contributed by atoms with van der Waals surface area (Å²) in [5, 5.41) is 22.0. The van der Waals surface area contributed by atoms with Gasteiger partial charge < -0.3 is 44.0 Å². The van der Waals surface area contributed by atoms with Crippen molar-refractivity contribution in [2.75, 3.05) is 5.73 Å². The summed E-state index contributed by atoms with van der Waals surface area (Å²) in [6.07, 6.45) is 11.4. The van der Waals surface area contributed by atoms with Gasteiger partial charge in [0, 0.05) is 23.2 Å². The zero-order valence-electron chi connectivity index (χ0n) is 27.5. The fourth-order valence-corrected chi connectivity index (χ4v) is 10.1. The Hall–Kier alpha value is -2.91. The van der Waals surface area contributed by atoms with Crippen molar-refractivity contribution >= 4 is 39.5 Å².